The van der Waals surface area contributed by atoms with E-state index in [4.69, 9.17) is 0 Å². The van der Waals surface area contributed by atoms with Gasteiger partial charge in [-0.3, -0.25) is 9.59 Å². The van der Waals surface area contributed by atoms with Gasteiger partial charge in [0.05, 0.1) is 0 Å². The Hall–Kier alpha value is -2.62. The van der Waals surface area contributed by atoms with Crippen molar-refractivity contribution in [1.29, 1.82) is 0 Å². The first-order valence-electron chi connectivity index (χ1n) is 8.76. The van der Waals surface area contributed by atoms with Gasteiger partial charge in [-0.15, -0.1) is 0 Å². The monoisotopic (exact) mass is 336 g/mol. The SMILES string of the molecule is Cc1ccc(C(=O)NC2CCN(C(=O)c3cccc(C)c3)CC2)cc1. The molecule has 3 rings (SSSR count). The number of hydrogen-bond donors (Lipinski definition) is 1. The van der Waals surface area contributed by atoms with Crippen molar-refractivity contribution in [2.24, 2.45) is 0 Å². The van der Waals surface area contributed by atoms with Gasteiger partial charge in [-0.1, -0.05) is 35.4 Å². The first kappa shape index (κ1) is 17.2. The van der Waals surface area contributed by atoms with E-state index in [-0.39, 0.29) is 17.9 Å². The maximum absolute atomic E-state index is 12.6. The van der Waals surface area contributed by atoms with Crippen molar-refractivity contribution in [3.8, 4) is 0 Å². The summed E-state index contributed by atoms with van der Waals surface area (Å²) < 4.78 is 0. The molecule has 130 valence electrons. The molecule has 1 heterocycles. The summed E-state index contributed by atoms with van der Waals surface area (Å²) in [4.78, 5) is 26.8. The summed E-state index contributed by atoms with van der Waals surface area (Å²) in [5.41, 5.74) is 3.65. The van der Waals surface area contributed by atoms with Crippen molar-refractivity contribution in [1.82, 2.24) is 10.2 Å². The van der Waals surface area contributed by atoms with Crippen LogP contribution in [0.5, 0.6) is 0 Å². The van der Waals surface area contributed by atoms with E-state index in [1.54, 1.807) is 0 Å². The van der Waals surface area contributed by atoms with Crippen molar-refractivity contribution in [2.75, 3.05) is 13.1 Å². The van der Waals surface area contributed by atoms with Gasteiger partial charge in [-0.2, -0.15) is 0 Å². The summed E-state index contributed by atoms with van der Waals surface area (Å²) in [6, 6.07) is 15.4. The molecule has 1 aliphatic heterocycles. The molecule has 0 radical (unpaired) electrons. The number of rotatable bonds is 3. The Bertz CT molecular complexity index is 760. The van der Waals surface area contributed by atoms with Gasteiger partial charge in [-0.05, 0) is 51.0 Å². The molecule has 0 saturated carbocycles. The van der Waals surface area contributed by atoms with Gasteiger partial charge in [0.1, 0.15) is 0 Å². The molecule has 1 N–H and O–H groups in total. The highest BCUT2D eigenvalue weighted by Gasteiger charge is 2.24. The molecule has 0 unspecified atom stereocenters. The van der Waals surface area contributed by atoms with Crippen LogP contribution < -0.4 is 5.32 Å². The second-order valence-corrected chi connectivity index (χ2v) is 6.78. The van der Waals surface area contributed by atoms with Crippen molar-refractivity contribution in [2.45, 2.75) is 32.7 Å². The van der Waals surface area contributed by atoms with E-state index in [1.807, 2.05) is 67.3 Å². The Morgan fingerprint density at radius 1 is 0.920 bits per heavy atom. The Balaban J connectivity index is 1.54. The standard InChI is InChI=1S/C21H24N2O2/c1-15-6-8-17(9-7-15)20(24)22-19-10-12-23(13-11-19)21(25)18-5-3-4-16(2)14-18/h3-9,14,19H,10-13H2,1-2H3,(H,22,24). The molecular formula is C21H24N2O2. The van der Waals surface area contributed by atoms with E-state index in [1.165, 1.54) is 0 Å². The third kappa shape index (κ3) is 4.27. The van der Waals surface area contributed by atoms with Crippen LogP contribution in [0.15, 0.2) is 48.5 Å². The fourth-order valence-corrected chi connectivity index (χ4v) is 3.16. The van der Waals surface area contributed by atoms with E-state index in [0.717, 1.165) is 29.5 Å². The fourth-order valence-electron chi connectivity index (χ4n) is 3.16. The maximum atomic E-state index is 12.6. The zero-order chi connectivity index (χ0) is 17.8. The van der Waals surface area contributed by atoms with Gasteiger partial charge < -0.3 is 10.2 Å². The molecule has 1 fully saturated rings. The Morgan fingerprint density at radius 3 is 2.24 bits per heavy atom. The third-order valence-electron chi connectivity index (χ3n) is 4.70. The zero-order valence-corrected chi connectivity index (χ0v) is 14.8. The molecule has 0 bridgehead atoms. The van der Waals surface area contributed by atoms with Crippen molar-refractivity contribution in [3.05, 3.63) is 70.8 Å². The van der Waals surface area contributed by atoms with Crippen molar-refractivity contribution >= 4 is 11.8 Å². The van der Waals surface area contributed by atoms with E-state index in [0.29, 0.717) is 18.7 Å². The minimum atomic E-state index is -0.0385. The Morgan fingerprint density at radius 2 is 1.60 bits per heavy atom. The number of carbonyl (C=O) groups excluding carboxylic acids is 2. The molecule has 2 amide bonds. The van der Waals surface area contributed by atoms with Crippen LogP contribution in [0.3, 0.4) is 0 Å². The number of nitrogens with zero attached hydrogens (tertiary/aromatic N) is 1. The maximum Gasteiger partial charge on any atom is 0.253 e. The molecule has 2 aromatic carbocycles. The van der Waals surface area contributed by atoms with Gasteiger partial charge >= 0.3 is 0 Å². The van der Waals surface area contributed by atoms with Gasteiger partial charge in [0.15, 0.2) is 0 Å². The van der Waals surface area contributed by atoms with Crippen LogP contribution in [-0.4, -0.2) is 35.8 Å². The van der Waals surface area contributed by atoms with Crippen molar-refractivity contribution < 1.29 is 9.59 Å². The number of carbonyl (C=O) groups is 2. The largest absolute Gasteiger partial charge is 0.349 e. The summed E-state index contributed by atoms with van der Waals surface area (Å²) in [6.45, 7) is 5.34. The predicted molar refractivity (Wildman–Crippen MR) is 98.7 cm³/mol. The lowest BCUT2D eigenvalue weighted by molar-refractivity contribution is 0.0698. The molecule has 0 aromatic heterocycles. The highest BCUT2D eigenvalue weighted by atomic mass is 16.2. The zero-order valence-electron chi connectivity index (χ0n) is 14.8. The second-order valence-electron chi connectivity index (χ2n) is 6.78. The van der Waals surface area contributed by atoms with E-state index < -0.39 is 0 Å². The first-order chi connectivity index (χ1) is 12.0. The summed E-state index contributed by atoms with van der Waals surface area (Å²) in [5.74, 6) is 0.0375. The average Bonchev–Trinajstić information content (AvgIpc) is 2.62. The number of piperidine rings is 1. The lowest BCUT2D eigenvalue weighted by Gasteiger charge is -2.32. The summed E-state index contributed by atoms with van der Waals surface area (Å²) >= 11 is 0. The van der Waals surface area contributed by atoms with Crippen LogP contribution in [0.4, 0.5) is 0 Å². The summed E-state index contributed by atoms with van der Waals surface area (Å²) in [6.07, 6.45) is 1.57. The van der Waals surface area contributed by atoms with Gasteiger partial charge in [0, 0.05) is 30.3 Å². The molecular weight excluding hydrogens is 312 g/mol. The average molecular weight is 336 g/mol. The Kier molecular flexibility index (Phi) is 5.17. The van der Waals surface area contributed by atoms with E-state index in [9.17, 15) is 9.59 Å². The van der Waals surface area contributed by atoms with Gasteiger partial charge in [-0.25, -0.2) is 0 Å². The highest BCUT2D eigenvalue weighted by Crippen LogP contribution is 2.15. The van der Waals surface area contributed by atoms with E-state index in [2.05, 4.69) is 5.32 Å². The molecule has 1 saturated heterocycles. The number of hydrogen-bond acceptors (Lipinski definition) is 2. The van der Waals surface area contributed by atoms with Crippen molar-refractivity contribution in [3.63, 3.8) is 0 Å². The minimum absolute atomic E-state index is 0.0385. The summed E-state index contributed by atoms with van der Waals surface area (Å²) in [7, 11) is 0. The molecule has 4 nitrogen and oxygen atoms in total. The molecule has 0 atom stereocenters. The van der Waals surface area contributed by atoms with Gasteiger partial charge in [0.25, 0.3) is 11.8 Å². The number of likely N-dealkylation sites (tertiary alicyclic amines) is 1. The summed E-state index contributed by atoms with van der Waals surface area (Å²) in [5, 5.41) is 3.09. The van der Waals surface area contributed by atoms with Crippen LogP contribution in [0.2, 0.25) is 0 Å². The lowest BCUT2D eigenvalue weighted by Crippen LogP contribution is -2.46. The van der Waals surface area contributed by atoms with Crippen LogP contribution in [0, 0.1) is 13.8 Å². The molecule has 25 heavy (non-hydrogen) atoms. The number of aryl methyl sites for hydroxylation is 2. The van der Waals surface area contributed by atoms with Crippen LogP contribution in [0.1, 0.15) is 44.7 Å². The Labute approximate surface area is 148 Å². The predicted octanol–water partition coefficient (Wildman–Crippen LogP) is 3.34. The topological polar surface area (TPSA) is 49.4 Å². The molecule has 4 heteroatoms. The number of benzene rings is 2. The number of amides is 2. The third-order valence-corrected chi connectivity index (χ3v) is 4.70. The molecule has 0 aliphatic carbocycles. The van der Waals surface area contributed by atoms with Gasteiger partial charge in [0.2, 0.25) is 0 Å². The number of nitrogens with one attached hydrogen (secondary N) is 1. The minimum Gasteiger partial charge on any atom is -0.349 e. The molecule has 1 aliphatic rings. The van der Waals surface area contributed by atoms with Crippen LogP contribution in [0.25, 0.3) is 0 Å². The van der Waals surface area contributed by atoms with Crippen LogP contribution in [-0.2, 0) is 0 Å². The fraction of sp³-hybridized carbons (Fsp3) is 0.333. The second kappa shape index (κ2) is 7.51. The van der Waals surface area contributed by atoms with E-state index >= 15 is 0 Å². The first-order valence-corrected chi connectivity index (χ1v) is 8.76. The normalized spacial score (nSPS) is 15.0. The molecule has 2 aromatic rings. The highest BCUT2D eigenvalue weighted by molar-refractivity contribution is 5.95. The smallest absolute Gasteiger partial charge is 0.253 e. The molecule has 0 spiro atoms. The lowest BCUT2D eigenvalue weighted by atomic mass is 10.0. The quantitative estimate of drug-likeness (QED) is 0.934. The van der Waals surface area contributed by atoms with Crippen LogP contribution >= 0.6 is 0 Å².